The Balaban J connectivity index is 1.84. The first-order valence-electron chi connectivity index (χ1n) is 9.87. The predicted octanol–water partition coefficient (Wildman–Crippen LogP) is 4.93. The molecular weight excluding hydrogens is 420 g/mol. The zero-order valence-electron chi connectivity index (χ0n) is 17.8. The van der Waals surface area contributed by atoms with Crippen molar-refractivity contribution in [1.82, 2.24) is 14.9 Å². The molecule has 3 rings (SSSR count). The van der Waals surface area contributed by atoms with Crippen molar-refractivity contribution in [3.05, 3.63) is 50.7 Å². The zero-order valence-corrected chi connectivity index (χ0v) is 19.4. The Kier molecular flexibility index (Phi) is 6.73. The molecule has 0 aliphatic rings. The summed E-state index contributed by atoms with van der Waals surface area (Å²) >= 11 is 7.39. The molecule has 3 aromatic rings. The first kappa shape index (κ1) is 22.2. The standard InChI is InChI=1S/C22H25ClN4O2S/c1-6-17-24-14(5)19-13(4)20(30-21(19)26-17)22(29)27(7-2)11-18(28)25-16-10-15(23)9-8-12(16)3/h8-10H,6-7,11H2,1-5H3,(H,25,28). The van der Waals surface area contributed by atoms with E-state index in [1.54, 1.807) is 12.1 Å². The summed E-state index contributed by atoms with van der Waals surface area (Å²) in [6.45, 7) is 9.99. The number of nitrogens with one attached hydrogen (secondary N) is 1. The monoisotopic (exact) mass is 444 g/mol. The number of anilines is 1. The minimum Gasteiger partial charge on any atom is -0.329 e. The topological polar surface area (TPSA) is 75.2 Å². The number of fused-ring (bicyclic) bond motifs is 1. The van der Waals surface area contributed by atoms with Crippen LogP contribution in [-0.4, -0.2) is 39.8 Å². The maximum atomic E-state index is 13.2. The number of carbonyl (C=O) groups excluding carboxylic acids is 2. The molecule has 0 atom stereocenters. The quantitative estimate of drug-likeness (QED) is 0.584. The van der Waals surface area contributed by atoms with Gasteiger partial charge < -0.3 is 10.2 Å². The molecule has 0 radical (unpaired) electrons. The molecule has 2 aromatic heterocycles. The van der Waals surface area contributed by atoms with Gasteiger partial charge in [-0.25, -0.2) is 9.97 Å². The molecular formula is C22H25ClN4O2S. The summed E-state index contributed by atoms with van der Waals surface area (Å²) in [6.07, 6.45) is 0.737. The molecule has 2 amide bonds. The summed E-state index contributed by atoms with van der Waals surface area (Å²) in [5.74, 6) is 0.329. The van der Waals surface area contributed by atoms with Gasteiger partial charge in [0.05, 0.1) is 4.88 Å². The molecule has 8 heteroatoms. The van der Waals surface area contributed by atoms with Gasteiger partial charge in [0.1, 0.15) is 17.2 Å². The van der Waals surface area contributed by atoms with Gasteiger partial charge >= 0.3 is 0 Å². The lowest BCUT2D eigenvalue weighted by Gasteiger charge is -2.20. The van der Waals surface area contributed by atoms with E-state index in [1.165, 1.54) is 16.2 Å². The van der Waals surface area contributed by atoms with Crippen molar-refractivity contribution in [3.8, 4) is 0 Å². The maximum absolute atomic E-state index is 13.2. The second kappa shape index (κ2) is 9.10. The van der Waals surface area contributed by atoms with Crippen LogP contribution in [0.25, 0.3) is 10.2 Å². The molecule has 30 heavy (non-hydrogen) atoms. The highest BCUT2D eigenvalue weighted by Gasteiger charge is 2.24. The van der Waals surface area contributed by atoms with Gasteiger partial charge in [0.2, 0.25) is 5.91 Å². The molecule has 0 unspecified atom stereocenters. The Labute approximate surface area is 185 Å². The van der Waals surface area contributed by atoms with E-state index in [1.807, 2.05) is 40.7 Å². The summed E-state index contributed by atoms with van der Waals surface area (Å²) in [5.41, 5.74) is 3.29. The van der Waals surface area contributed by atoms with Crippen LogP contribution < -0.4 is 5.32 Å². The highest BCUT2D eigenvalue weighted by Crippen LogP contribution is 2.32. The van der Waals surface area contributed by atoms with E-state index in [9.17, 15) is 9.59 Å². The van der Waals surface area contributed by atoms with Gasteiger partial charge in [-0.3, -0.25) is 9.59 Å². The summed E-state index contributed by atoms with van der Waals surface area (Å²) in [5, 5.41) is 4.32. The van der Waals surface area contributed by atoms with Crippen LogP contribution in [0, 0.1) is 20.8 Å². The average Bonchev–Trinajstić information content (AvgIpc) is 3.05. The number of carbonyl (C=O) groups is 2. The van der Waals surface area contributed by atoms with Crippen LogP contribution in [0.2, 0.25) is 5.02 Å². The minimum absolute atomic E-state index is 0.0418. The Morgan fingerprint density at radius 2 is 1.90 bits per heavy atom. The largest absolute Gasteiger partial charge is 0.329 e. The van der Waals surface area contributed by atoms with Crippen molar-refractivity contribution < 1.29 is 9.59 Å². The fraction of sp³-hybridized carbons (Fsp3) is 0.364. The third-order valence-electron chi connectivity index (χ3n) is 5.00. The number of amides is 2. The van der Waals surface area contributed by atoms with E-state index in [4.69, 9.17) is 11.6 Å². The van der Waals surface area contributed by atoms with Crippen molar-refractivity contribution in [3.63, 3.8) is 0 Å². The number of likely N-dealkylation sites (N-methyl/N-ethyl adjacent to an activating group) is 1. The molecule has 2 heterocycles. The van der Waals surface area contributed by atoms with E-state index in [0.717, 1.165) is 39.3 Å². The Morgan fingerprint density at radius 1 is 1.17 bits per heavy atom. The number of halogens is 1. The van der Waals surface area contributed by atoms with E-state index in [-0.39, 0.29) is 18.4 Å². The maximum Gasteiger partial charge on any atom is 0.264 e. The third kappa shape index (κ3) is 4.47. The Morgan fingerprint density at radius 3 is 2.57 bits per heavy atom. The van der Waals surface area contributed by atoms with Crippen molar-refractivity contribution in [2.24, 2.45) is 0 Å². The second-order valence-corrected chi connectivity index (χ2v) is 8.58. The number of thiophene rings is 1. The van der Waals surface area contributed by atoms with Gasteiger partial charge in [-0.05, 0) is 51.0 Å². The molecule has 0 spiro atoms. The molecule has 0 aliphatic heterocycles. The smallest absolute Gasteiger partial charge is 0.264 e. The molecule has 0 fully saturated rings. The lowest BCUT2D eigenvalue weighted by Crippen LogP contribution is -2.37. The molecule has 0 bridgehead atoms. The highest BCUT2D eigenvalue weighted by atomic mass is 35.5. The summed E-state index contributed by atoms with van der Waals surface area (Å²) in [4.78, 5) is 37.9. The number of aryl methyl sites for hydroxylation is 4. The number of hydrogen-bond acceptors (Lipinski definition) is 5. The van der Waals surface area contributed by atoms with E-state index in [0.29, 0.717) is 22.1 Å². The van der Waals surface area contributed by atoms with Gasteiger partial charge in [-0.15, -0.1) is 11.3 Å². The van der Waals surface area contributed by atoms with Gasteiger partial charge in [0, 0.05) is 34.8 Å². The van der Waals surface area contributed by atoms with Crippen molar-refractivity contribution in [2.75, 3.05) is 18.4 Å². The fourth-order valence-electron chi connectivity index (χ4n) is 3.32. The van der Waals surface area contributed by atoms with Crippen LogP contribution in [0.4, 0.5) is 5.69 Å². The van der Waals surface area contributed by atoms with Crippen LogP contribution in [0.15, 0.2) is 18.2 Å². The number of hydrogen-bond donors (Lipinski definition) is 1. The molecule has 6 nitrogen and oxygen atoms in total. The van der Waals surface area contributed by atoms with Crippen molar-refractivity contribution in [2.45, 2.75) is 41.0 Å². The molecule has 158 valence electrons. The lowest BCUT2D eigenvalue weighted by atomic mass is 10.1. The van der Waals surface area contributed by atoms with E-state index in [2.05, 4.69) is 15.3 Å². The van der Waals surface area contributed by atoms with Crippen LogP contribution in [0.1, 0.15) is 46.2 Å². The number of aromatic nitrogens is 2. The van der Waals surface area contributed by atoms with Crippen LogP contribution in [0.5, 0.6) is 0 Å². The fourth-order valence-corrected chi connectivity index (χ4v) is 4.71. The first-order valence-corrected chi connectivity index (χ1v) is 11.1. The number of benzene rings is 1. The van der Waals surface area contributed by atoms with Crippen LogP contribution >= 0.6 is 22.9 Å². The van der Waals surface area contributed by atoms with Gasteiger partial charge in [0.15, 0.2) is 0 Å². The number of rotatable bonds is 6. The summed E-state index contributed by atoms with van der Waals surface area (Å²) in [6, 6.07) is 5.32. The first-order chi connectivity index (χ1) is 14.2. The average molecular weight is 445 g/mol. The third-order valence-corrected chi connectivity index (χ3v) is 6.41. The summed E-state index contributed by atoms with van der Waals surface area (Å²) < 4.78 is 0. The zero-order chi connectivity index (χ0) is 22.0. The van der Waals surface area contributed by atoms with Crippen LogP contribution in [0.3, 0.4) is 0 Å². The van der Waals surface area contributed by atoms with Gasteiger partial charge in [-0.1, -0.05) is 24.6 Å². The van der Waals surface area contributed by atoms with E-state index < -0.39 is 0 Å². The second-order valence-electron chi connectivity index (χ2n) is 7.14. The molecule has 0 saturated heterocycles. The molecule has 0 aliphatic carbocycles. The lowest BCUT2D eigenvalue weighted by molar-refractivity contribution is -0.116. The Bertz CT molecular complexity index is 1130. The molecule has 0 saturated carbocycles. The number of nitrogens with zero attached hydrogens (tertiary/aromatic N) is 3. The SMILES string of the molecule is CCc1nc(C)c2c(C)c(C(=O)N(CC)CC(=O)Nc3cc(Cl)ccc3C)sc2n1. The van der Waals surface area contributed by atoms with Crippen LogP contribution in [-0.2, 0) is 11.2 Å². The molecule has 1 N–H and O–H groups in total. The predicted molar refractivity (Wildman–Crippen MR) is 123 cm³/mol. The highest BCUT2D eigenvalue weighted by molar-refractivity contribution is 7.20. The van der Waals surface area contributed by atoms with Gasteiger partial charge in [0.25, 0.3) is 5.91 Å². The molecule has 1 aromatic carbocycles. The van der Waals surface area contributed by atoms with Crippen molar-refractivity contribution >= 4 is 50.7 Å². The van der Waals surface area contributed by atoms with Crippen molar-refractivity contribution in [1.29, 1.82) is 0 Å². The minimum atomic E-state index is -0.265. The normalized spacial score (nSPS) is 11.0. The Hall–Kier alpha value is -2.51. The summed E-state index contributed by atoms with van der Waals surface area (Å²) in [7, 11) is 0. The van der Waals surface area contributed by atoms with E-state index >= 15 is 0 Å². The van der Waals surface area contributed by atoms with Gasteiger partial charge in [-0.2, -0.15) is 0 Å².